The lowest BCUT2D eigenvalue weighted by atomic mass is 9.87. The van der Waals surface area contributed by atoms with Gasteiger partial charge in [-0.15, -0.1) is 0 Å². The van der Waals surface area contributed by atoms with Crippen LogP contribution in [0.1, 0.15) is 75.2 Å². The number of methoxy groups -OCH3 is 1. The first-order chi connectivity index (χ1) is 21.5. The van der Waals surface area contributed by atoms with E-state index in [0.717, 1.165) is 49.4 Å². The third kappa shape index (κ3) is 8.35. The summed E-state index contributed by atoms with van der Waals surface area (Å²) in [6, 6.07) is 19.4. The number of pyridine rings is 1. The molecular weight excluding hydrogens is 566 g/mol. The third-order valence-corrected chi connectivity index (χ3v) is 9.00. The van der Waals surface area contributed by atoms with Gasteiger partial charge in [0.15, 0.2) is 0 Å². The molecule has 8 nitrogen and oxygen atoms in total. The van der Waals surface area contributed by atoms with E-state index in [1.54, 1.807) is 18.2 Å². The van der Waals surface area contributed by atoms with E-state index in [0.29, 0.717) is 48.0 Å². The number of amides is 1. The van der Waals surface area contributed by atoms with Gasteiger partial charge in [0.25, 0.3) is 5.91 Å². The number of benzene rings is 2. The number of anilines is 2. The van der Waals surface area contributed by atoms with Gasteiger partial charge in [0.2, 0.25) is 0 Å². The fraction of sp³-hybridized carbons (Fsp3) is 0.486. The van der Waals surface area contributed by atoms with Crippen molar-refractivity contribution in [1.29, 1.82) is 0 Å². The van der Waals surface area contributed by atoms with Crippen LogP contribution in [0.25, 0.3) is 0 Å². The summed E-state index contributed by atoms with van der Waals surface area (Å²) in [5.41, 5.74) is 2.44. The third-order valence-electron chi connectivity index (χ3n) is 9.00. The SMILES string of the molecule is COc1ccc(C(=O)N(CC(C)(C)C)c2ccccn2)c(N2CC[C@@H](COc3cccc(C(CC(=O)O)C4CC4)c3)[C@@H](C)C2)c1. The van der Waals surface area contributed by atoms with Crippen molar-refractivity contribution in [2.24, 2.45) is 23.2 Å². The van der Waals surface area contributed by atoms with Gasteiger partial charge in [-0.2, -0.15) is 0 Å². The molecule has 1 aliphatic carbocycles. The van der Waals surface area contributed by atoms with Crippen molar-refractivity contribution in [3.05, 3.63) is 78.0 Å². The number of ether oxygens (including phenoxy) is 2. The Bertz CT molecular complexity index is 1470. The number of aromatic nitrogens is 1. The minimum Gasteiger partial charge on any atom is -0.497 e. The van der Waals surface area contributed by atoms with Crippen LogP contribution in [0.15, 0.2) is 66.9 Å². The zero-order chi connectivity index (χ0) is 32.1. The number of rotatable bonds is 12. The van der Waals surface area contributed by atoms with Crippen molar-refractivity contribution in [3.63, 3.8) is 0 Å². The molecule has 2 aliphatic rings. The van der Waals surface area contributed by atoms with Crippen molar-refractivity contribution in [2.75, 3.05) is 43.2 Å². The molecule has 3 atom stereocenters. The second-order valence-electron chi connectivity index (χ2n) is 13.9. The molecule has 0 spiro atoms. The van der Waals surface area contributed by atoms with Crippen LogP contribution in [-0.2, 0) is 4.79 Å². The number of hydrogen-bond donors (Lipinski definition) is 1. The lowest BCUT2D eigenvalue weighted by Gasteiger charge is -2.39. The normalized spacial score (nSPS) is 19.1. The summed E-state index contributed by atoms with van der Waals surface area (Å²) in [5, 5.41) is 9.43. The lowest BCUT2D eigenvalue weighted by molar-refractivity contribution is -0.137. The number of piperidine rings is 1. The zero-order valence-corrected chi connectivity index (χ0v) is 27.2. The molecule has 0 bridgehead atoms. The van der Waals surface area contributed by atoms with Crippen LogP contribution >= 0.6 is 0 Å². The van der Waals surface area contributed by atoms with Crippen LogP contribution in [0.4, 0.5) is 11.5 Å². The largest absolute Gasteiger partial charge is 0.497 e. The van der Waals surface area contributed by atoms with Crippen LogP contribution in [0.3, 0.4) is 0 Å². The van der Waals surface area contributed by atoms with Gasteiger partial charge in [-0.25, -0.2) is 4.98 Å². The lowest BCUT2D eigenvalue weighted by Crippen LogP contribution is -2.43. The summed E-state index contributed by atoms with van der Waals surface area (Å²) in [5.74, 6) is 2.49. The number of hydrogen-bond acceptors (Lipinski definition) is 6. The van der Waals surface area contributed by atoms with Crippen LogP contribution < -0.4 is 19.3 Å². The van der Waals surface area contributed by atoms with Crippen molar-refractivity contribution in [1.82, 2.24) is 4.98 Å². The predicted molar refractivity (Wildman–Crippen MR) is 178 cm³/mol. The molecule has 5 rings (SSSR count). The van der Waals surface area contributed by atoms with Crippen LogP contribution in [0.2, 0.25) is 0 Å². The monoisotopic (exact) mass is 613 g/mol. The molecule has 2 aromatic carbocycles. The van der Waals surface area contributed by atoms with Crippen LogP contribution in [0, 0.1) is 23.2 Å². The average Bonchev–Trinajstić information content (AvgIpc) is 3.87. The Hall–Kier alpha value is -4.07. The molecule has 3 aromatic rings. The molecule has 2 heterocycles. The van der Waals surface area contributed by atoms with Crippen molar-refractivity contribution in [3.8, 4) is 11.5 Å². The first kappa shape index (κ1) is 32.3. The molecule has 1 aromatic heterocycles. The Morgan fingerprint density at radius 1 is 1.04 bits per heavy atom. The highest BCUT2D eigenvalue weighted by atomic mass is 16.5. The van der Waals surface area contributed by atoms with Gasteiger partial charge in [-0.05, 0) is 90.3 Å². The summed E-state index contributed by atoms with van der Waals surface area (Å²) in [6.07, 6.45) is 4.99. The molecule has 1 saturated heterocycles. The Labute approximate surface area is 267 Å². The standard InChI is InChI=1S/C37H47N3O5/c1-25-22-39(18-16-28(25)23-45-30-10-8-9-27(19-30)32(21-35(41)42)26-12-13-26)33-20-29(44-5)14-15-31(33)36(43)40(24-37(2,3)4)34-11-6-7-17-38-34/h6-11,14-15,17,19-20,25-26,28,32H,12-13,16,18,21-24H2,1-5H3,(H,41,42)/t25-,28-,32?/m0/s1. The van der Waals surface area contributed by atoms with Gasteiger partial charge in [-0.1, -0.05) is 45.9 Å². The topological polar surface area (TPSA) is 92.2 Å². The molecule has 8 heteroatoms. The molecular formula is C37H47N3O5. The highest BCUT2D eigenvalue weighted by molar-refractivity contribution is 6.09. The fourth-order valence-electron chi connectivity index (χ4n) is 6.41. The van der Waals surface area contributed by atoms with Crippen LogP contribution in [-0.4, -0.2) is 55.3 Å². The second kappa shape index (κ2) is 13.9. The number of carboxylic acid groups (broad SMARTS) is 1. The zero-order valence-electron chi connectivity index (χ0n) is 27.2. The molecule has 240 valence electrons. The number of nitrogens with zero attached hydrogens (tertiary/aromatic N) is 3. The van der Waals surface area contributed by atoms with Crippen molar-refractivity contribution >= 4 is 23.4 Å². The van der Waals surface area contributed by atoms with E-state index in [-0.39, 0.29) is 23.7 Å². The highest BCUT2D eigenvalue weighted by Crippen LogP contribution is 2.45. The maximum atomic E-state index is 14.2. The minimum absolute atomic E-state index is 0.0463. The Morgan fingerprint density at radius 3 is 2.49 bits per heavy atom. The van der Waals surface area contributed by atoms with Crippen molar-refractivity contribution < 1.29 is 24.2 Å². The number of carboxylic acids is 1. The van der Waals surface area contributed by atoms with E-state index >= 15 is 0 Å². The summed E-state index contributed by atoms with van der Waals surface area (Å²) in [6.45, 7) is 11.3. The molecule has 1 amide bonds. The van der Waals surface area contributed by atoms with E-state index in [1.165, 1.54) is 0 Å². The second-order valence-corrected chi connectivity index (χ2v) is 13.9. The van der Waals surface area contributed by atoms with E-state index in [2.05, 4.69) is 37.6 Å². The highest BCUT2D eigenvalue weighted by Gasteiger charge is 2.34. The number of carbonyl (C=O) groups is 2. The van der Waals surface area contributed by atoms with E-state index in [9.17, 15) is 14.7 Å². The predicted octanol–water partition coefficient (Wildman–Crippen LogP) is 7.29. The van der Waals surface area contributed by atoms with Gasteiger partial charge >= 0.3 is 5.97 Å². The van der Waals surface area contributed by atoms with E-state index in [4.69, 9.17) is 9.47 Å². The van der Waals surface area contributed by atoms with E-state index < -0.39 is 5.97 Å². The summed E-state index contributed by atoms with van der Waals surface area (Å²) >= 11 is 0. The number of carbonyl (C=O) groups excluding carboxylic acids is 1. The number of aliphatic carboxylic acids is 1. The van der Waals surface area contributed by atoms with Gasteiger partial charge < -0.3 is 19.5 Å². The van der Waals surface area contributed by atoms with E-state index in [1.807, 2.05) is 60.7 Å². The van der Waals surface area contributed by atoms with Gasteiger partial charge in [0, 0.05) is 31.9 Å². The fourth-order valence-corrected chi connectivity index (χ4v) is 6.41. The Morgan fingerprint density at radius 2 is 1.84 bits per heavy atom. The summed E-state index contributed by atoms with van der Waals surface area (Å²) < 4.78 is 11.9. The Kier molecular flexibility index (Phi) is 10.0. The quantitative estimate of drug-likeness (QED) is 0.229. The van der Waals surface area contributed by atoms with Crippen LogP contribution in [0.5, 0.6) is 11.5 Å². The summed E-state index contributed by atoms with van der Waals surface area (Å²) in [4.78, 5) is 34.3. The van der Waals surface area contributed by atoms with Gasteiger partial charge in [-0.3, -0.25) is 14.5 Å². The molecule has 1 unspecified atom stereocenters. The first-order valence-corrected chi connectivity index (χ1v) is 16.1. The molecule has 45 heavy (non-hydrogen) atoms. The smallest absolute Gasteiger partial charge is 0.303 e. The molecule has 1 saturated carbocycles. The molecule has 2 fully saturated rings. The molecule has 1 aliphatic heterocycles. The molecule has 1 N–H and O–H groups in total. The molecule has 0 radical (unpaired) electrons. The van der Waals surface area contributed by atoms with Gasteiger partial charge in [0.05, 0.1) is 31.4 Å². The van der Waals surface area contributed by atoms with Gasteiger partial charge in [0.1, 0.15) is 17.3 Å². The average molecular weight is 614 g/mol. The maximum Gasteiger partial charge on any atom is 0.303 e. The minimum atomic E-state index is -0.752. The maximum absolute atomic E-state index is 14.2. The summed E-state index contributed by atoms with van der Waals surface area (Å²) in [7, 11) is 1.65. The van der Waals surface area contributed by atoms with Crippen molar-refractivity contribution in [2.45, 2.75) is 59.3 Å². The first-order valence-electron chi connectivity index (χ1n) is 16.1. The Balaban J connectivity index is 1.30.